The first kappa shape index (κ1) is 16.3. The summed E-state index contributed by atoms with van der Waals surface area (Å²) in [6.07, 6.45) is 0.710. The minimum atomic E-state index is -0.676. The maximum atomic E-state index is 11.7. The number of carboxylic acid groups (broad SMARTS) is 1. The highest BCUT2D eigenvalue weighted by Gasteiger charge is 2.47. The van der Waals surface area contributed by atoms with Crippen LogP contribution in [0.4, 0.5) is 0 Å². The lowest BCUT2D eigenvalue weighted by molar-refractivity contribution is -0.151. The molecule has 0 saturated carbocycles. The third kappa shape index (κ3) is 3.24. The van der Waals surface area contributed by atoms with Gasteiger partial charge < -0.3 is 9.84 Å². The van der Waals surface area contributed by atoms with Gasteiger partial charge in [0.15, 0.2) is 0 Å². The largest absolute Gasteiger partial charge is 0.497 e. The van der Waals surface area contributed by atoms with Crippen LogP contribution >= 0.6 is 15.9 Å². The Morgan fingerprint density at radius 1 is 1.52 bits per heavy atom. The number of ether oxygens (including phenoxy) is 1. The van der Waals surface area contributed by atoms with Gasteiger partial charge >= 0.3 is 5.97 Å². The van der Waals surface area contributed by atoms with Gasteiger partial charge in [-0.15, -0.1) is 0 Å². The quantitative estimate of drug-likeness (QED) is 0.879. The van der Waals surface area contributed by atoms with Gasteiger partial charge in [0.25, 0.3) is 0 Å². The fourth-order valence-electron chi connectivity index (χ4n) is 2.98. The predicted octanol–water partition coefficient (Wildman–Crippen LogP) is 3.39. The zero-order valence-electron chi connectivity index (χ0n) is 12.7. The number of carboxylic acids is 1. The number of likely N-dealkylation sites (tertiary alicyclic amines) is 1. The average Bonchev–Trinajstić information content (AvgIpc) is 2.87. The number of nitrogens with zero attached hydrogens (tertiary/aromatic N) is 1. The Labute approximate surface area is 134 Å². The van der Waals surface area contributed by atoms with E-state index < -0.39 is 11.4 Å². The third-order valence-electron chi connectivity index (χ3n) is 4.56. The third-order valence-corrected chi connectivity index (χ3v) is 5.33. The average molecular weight is 356 g/mol. The van der Waals surface area contributed by atoms with Crippen molar-refractivity contribution in [3.05, 3.63) is 28.2 Å². The second kappa shape index (κ2) is 6.36. The lowest BCUT2D eigenvalue weighted by Gasteiger charge is -2.29. The van der Waals surface area contributed by atoms with E-state index in [1.807, 2.05) is 32.0 Å². The molecular formula is C16H22BrNO3. The van der Waals surface area contributed by atoms with E-state index in [1.54, 1.807) is 7.11 Å². The molecule has 116 valence electrons. The summed E-state index contributed by atoms with van der Waals surface area (Å²) in [6, 6.07) is 5.88. The van der Waals surface area contributed by atoms with Gasteiger partial charge in [-0.05, 0) is 42.6 Å². The number of halogens is 1. The Balaban J connectivity index is 2.14. The molecule has 1 fully saturated rings. The van der Waals surface area contributed by atoms with Crippen LogP contribution in [0.1, 0.15) is 25.8 Å². The SMILES string of the molecule is COc1ccc(Br)c(CN2CCC(C(=O)O)(C(C)C)C2)c1. The highest BCUT2D eigenvalue weighted by Crippen LogP contribution is 2.39. The molecule has 1 aliphatic rings. The highest BCUT2D eigenvalue weighted by molar-refractivity contribution is 9.10. The Morgan fingerprint density at radius 2 is 2.24 bits per heavy atom. The lowest BCUT2D eigenvalue weighted by Crippen LogP contribution is -2.39. The van der Waals surface area contributed by atoms with Crippen molar-refractivity contribution in [1.82, 2.24) is 4.90 Å². The number of benzene rings is 1. The van der Waals surface area contributed by atoms with Gasteiger partial charge in [-0.2, -0.15) is 0 Å². The summed E-state index contributed by atoms with van der Waals surface area (Å²) < 4.78 is 6.29. The number of hydrogen-bond acceptors (Lipinski definition) is 3. The van der Waals surface area contributed by atoms with Crippen molar-refractivity contribution in [2.75, 3.05) is 20.2 Å². The first-order valence-corrected chi connectivity index (χ1v) is 7.96. The van der Waals surface area contributed by atoms with E-state index in [2.05, 4.69) is 20.8 Å². The van der Waals surface area contributed by atoms with Crippen LogP contribution in [-0.4, -0.2) is 36.2 Å². The van der Waals surface area contributed by atoms with Crippen LogP contribution in [-0.2, 0) is 11.3 Å². The molecule has 5 heteroatoms. The molecule has 21 heavy (non-hydrogen) atoms. The lowest BCUT2D eigenvalue weighted by atomic mass is 9.76. The zero-order valence-corrected chi connectivity index (χ0v) is 14.3. The van der Waals surface area contributed by atoms with E-state index in [4.69, 9.17) is 4.74 Å². The van der Waals surface area contributed by atoms with Crippen LogP contribution in [0.2, 0.25) is 0 Å². The molecule has 1 aromatic carbocycles. The second-order valence-electron chi connectivity index (χ2n) is 6.03. The predicted molar refractivity (Wildman–Crippen MR) is 85.5 cm³/mol. The first-order valence-electron chi connectivity index (χ1n) is 7.17. The van der Waals surface area contributed by atoms with Crippen molar-refractivity contribution in [2.24, 2.45) is 11.3 Å². The van der Waals surface area contributed by atoms with Crippen molar-refractivity contribution in [3.8, 4) is 5.75 Å². The molecule has 0 amide bonds. The van der Waals surface area contributed by atoms with E-state index in [1.165, 1.54) is 0 Å². The molecule has 1 heterocycles. The second-order valence-corrected chi connectivity index (χ2v) is 6.89. The summed E-state index contributed by atoms with van der Waals surface area (Å²) in [6.45, 7) is 6.15. The highest BCUT2D eigenvalue weighted by atomic mass is 79.9. The van der Waals surface area contributed by atoms with E-state index in [0.717, 1.165) is 28.9 Å². The van der Waals surface area contributed by atoms with Crippen molar-refractivity contribution in [3.63, 3.8) is 0 Å². The van der Waals surface area contributed by atoms with Crippen LogP contribution in [0, 0.1) is 11.3 Å². The number of methoxy groups -OCH3 is 1. The minimum absolute atomic E-state index is 0.133. The molecule has 0 aromatic heterocycles. The van der Waals surface area contributed by atoms with Crippen molar-refractivity contribution in [2.45, 2.75) is 26.8 Å². The number of carbonyl (C=O) groups is 1. The van der Waals surface area contributed by atoms with Crippen molar-refractivity contribution < 1.29 is 14.6 Å². The number of rotatable bonds is 5. The van der Waals surface area contributed by atoms with E-state index in [-0.39, 0.29) is 5.92 Å². The summed E-state index contributed by atoms with van der Waals surface area (Å²) in [5.41, 5.74) is 0.505. The van der Waals surface area contributed by atoms with Crippen molar-refractivity contribution in [1.29, 1.82) is 0 Å². The van der Waals surface area contributed by atoms with Gasteiger partial charge in [-0.3, -0.25) is 9.69 Å². The van der Waals surface area contributed by atoms with Crippen LogP contribution in [0.5, 0.6) is 5.75 Å². The Hall–Kier alpha value is -1.07. The van der Waals surface area contributed by atoms with Gasteiger partial charge in [0.1, 0.15) is 5.75 Å². The molecule has 1 unspecified atom stereocenters. The molecule has 1 N–H and O–H groups in total. The fraction of sp³-hybridized carbons (Fsp3) is 0.562. The van der Waals surface area contributed by atoms with Crippen LogP contribution < -0.4 is 4.74 Å². The monoisotopic (exact) mass is 355 g/mol. The van der Waals surface area contributed by atoms with Crippen LogP contribution in [0.25, 0.3) is 0 Å². The van der Waals surface area contributed by atoms with E-state index >= 15 is 0 Å². The molecule has 0 spiro atoms. The first-order chi connectivity index (χ1) is 9.89. The minimum Gasteiger partial charge on any atom is -0.497 e. The Kier molecular flexibility index (Phi) is 4.94. The topological polar surface area (TPSA) is 49.8 Å². The van der Waals surface area contributed by atoms with Crippen LogP contribution in [0.3, 0.4) is 0 Å². The van der Waals surface area contributed by atoms with Gasteiger partial charge in [0.05, 0.1) is 12.5 Å². The Bertz CT molecular complexity index is 532. The maximum absolute atomic E-state index is 11.7. The van der Waals surface area contributed by atoms with Crippen LogP contribution in [0.15, 0.2) is 22.7 Å². The van der Waals surface area contributed by atoms with Gasteiger partial charge in [0, 0.05) is 17.6 Å². The molecule has 4 nitrogen and oxygen atoms in total. The maximum Gasteiger partial charge on any atom is 0.311 e. The Morgan fingerprint density at radius 3 is 2.76 bits per heavy atom. The summed E-state index contributed by atoms with van der Waals surface area (Å²) in [5, 5.41) is 9.60. The molecule has 1 aromatic rings. The zero-order chi connectivity index (χ0) is 15.6. The normalized spacial score (nSPS) is 22.7. The van der Waals surface area contributed by atoms with Gasteiger partial charge in [-0.1, -0.05) is 29.8 Å². The molecule has 0 radical (unpaired) electrons. The number of aliphatic carboxylic acids is 1. The van der Waals surface area contributed by atoms with E-state index in [9.17, 15) is 9.90 Å². The molecule has 1 aliphatic heterocycles. The van der Waals surface area contributed by atoms with E-state index in [0.29, 0.717) is 13.0 Å². The van der Waals surface area contributed by atoms with Gasteiger partial charge in [-0.25, -0.2) is 0 Å². The smallest absolute Gasteiger partial charge is 0.311 e. The summed E-state index contributed by atoms with van der Waals surface area (Å²) >= 11 is 3.55. The van der Waals surface area contributed by atoms with Crippen molar-refractivity contribution >= 4 is 21.9 Å². The molecule has 0 bridgehead atoms. The molecule has 1 saturated heterocycles. The fourth-order valence-corrected chi connectivity index (χ4v) is 3.35. The standard InChI is InChI=1S/C16H22BrNO3/c1-11(2)16(15(19)20)6-7-18(10-16)9-12-8-13(21-3)4-5-14(12)17/h4-5,8,11H,6-7,9-10H2,1-3H3,(H,19,20). The summed E-state index contributed by atoms with van der Waals surface area (Å²) in [7, 11) is 1.65. The summed E-state index contributed by atoms with van der Waals surface area (Å²) in [4.78, 5) is 13.9. The molecule has 0 aliphatic carbocycles. The number of hydrogen-bond donors (Lipinski definition) is 1. The molecule has 1 atom stereocenters. The van der Waals surface area contributed by atoms with Gasteiger partial charge in [0.2, 0.25) is 0 Å². The summed E-state index contributed by atoms with van der Waals surface area (Å²) in [5.74, 6) is 0.277. The molecule has 2 rings (SSSR count). The molecular weight excluding hydrogens is 334 g/mol.